The summed E-state index contributed by atoms with van der Waals surface area (Å²) >= 11 is 0. The number of methoxy groups -OCH3 is 1. The molecule has 0 saturated carbocycles. The first kappa shape index (κ1) is 24.1. The Morgan fingerprint density at radius 3 is 2.59 bits per heavy atom. The number of amides is 1. The molecule has 1 fully saturated rings. The number of carbonyl (C=O) groups is 1. The number of rotatable bonds is 10. The van der Waals surface area contributed by atoms with E-state index in [1.165, 1.54) is 22.3 Å². The summed E-state index contributed by atoms with van der Waals surface area (Å²) in [5.41, 5.74) is 5.90. The predicted octanol–water partition coefficient (Wildman–Crippen LogP) is 5.02. The molecule has 0 N–H and O–H groups in total. The van der Waals surface area contributed by atoms with Gasteiger partial charge in [0.2, 0.25) is 0 Å². The molecular formula is C29H35N3O2. The van der Waals surface area contributed by atoms with Gasteiger partial charge in [0.05, 0.1) is 12.2 Å². The number of unbranched alkanes of at least 4 members (excludes halogenated alkanes) is 1. The van der Waals surface area contributed by atoms with Crippen molar-refractivity contribution in [2.45, 2.75) is 31.7 Å². The van der Waals surface area contributed by atoms with E-state index in [4.69, 9.17) is 4.74 Å². The van der Waals surface area contributed by atoms with E-state index in [0.717, 1.165) is 39.1 Å². The molecule has 5 nitrogen and oxygen atoms in total. The van der Waals surface area contributed by atoms with Crippen LogP contribution < -0.4 is 0 Å². The first-order valence-corrected chi connectivity index (χ1v) is 12.1. The molecule has 1 aliphatic rings. The van der Waals surface area contributed by atoms with Gasteiger partial charge in [-0.1, -0.05) is 48.5 Å². The minimum absolute atomic E-state index is 0.0310. The minimum atomic E-state index is 0.0310. The topological polar surface area (TPSA) is 45.7 Å². The molecule has 2 atom stereocenters. The van der Waals surface area contributed by atoms with E-state index < -0.39 is 0 Å². The standard InChI is InChI=1S/C29H35N3O2/c1-22-9-4-5-11-26(22)23-12-14-24(15-13-23)27-20-32(28(27)21-34-3)18-7-6-17-31(2)29(33)25-10-8-16-30-19-25/h4-5,8-16,19,27-28H,6-7,17-18,20-21H2,1-3H3/t27-,28+/m0/s1. The number of hydrogen-bond acceptors (Lipinski definition) is 4. The molecule has 0 bridgehead atoms. The summed E-state index contributed by atoms with van der Waals surface area (Å²) < 4.78 is 5.56. The lowest BCUT2D eigenvalue weighted by Gasteiger charge is -2.48. The van der Waals surface area contributed by atoms with Crippen molar-refractivity contribution < 1.29 is 9.53 Å². The highest BCUT2D eigenvalue weighted by atomic mass is 16.5. The van der Waals surface area contributed by atoms with E-state index in [2.05, 4.69) is 65.3 Å². The Bertz CT molecular complexity index is 1070. The fourth-order valence-electron chi connectivity index (χ4n) is 4.88. The second-order valence-corrected chi connectivity index (χ2v) is 9.24. The molecule has 1 aliphatic heterocycles. The molecule has 4 rings (SSSR count). The summed E-state index contributed by atoms with van der Waals surface area (Å²) in [6.45, 7) is 5.74. The molecule has 1 aromatic heterocycles. The van der Waals surface area contributed by atoms with Gasteiger partial charge < -0.3 is 9.64 Å². The predicted molar refractivity (Wildman–Crippen MR) is 137 cm³/mol. The van der Waals surface area contributed by atoms with Crippen LogP contribution in [0.4, 0.5) is 0 Å². The summed E-state index contributed by atoms with van der Waals surface area (Å²) in [5, 5.41) is 0. The van der Waals surface area contributed by atoms with Gasteiger partial charge in [-0.05, 0) is 60.7 Å². The fraction of sp³-hybridized carbons (Fsp3) is 0.379. The molecule has 0 radical (unpaired) electrons. The summed E-state index contributed by atoms with van der Waals surface area (Å²) in [4.78, 5) is 20.8. The van der Waals surface area contributed by atoms with Crippen molar-refractivity contribution in [1.82, 2.24) is 14.8 Å². The highest BCUT2D eigenvalue weighted by molar-refractivity contribution is 5.93. The first-order chi connectivity index (χ1) is 16.6. The van der Waals surface area contributed by atoms with Crippen LogP contribution in [0.2, 0.25) is 0 Å². The largest absolute Gasteiger partial charge is 0.383 e. The average molecular weight is 458 g/mol. The Hall–Kier alpha value is -3.02. The normalized spacial score (nSPS) is 17.9. The van der Waals surface area contributed by atoms with Crippen LogP contribution in [-0.4, -0.2) is 67.1 Å². The molecule has 0 spiro atoms. The van der Waals surface area contributed by atoms with Crippen LogP contribution in [0.25, 0.3) is 11.1 Å². The van der Waals surface area contributed by atoms with Gasteiger partial charge in [-0.2, -0.15) is 0 Å². The lowest BCUT2D eigenvalue weighted by atomic mass is 9.82. The number of aryl methyl sites for hydroxylation is 1. The van der Waals surface area contributed by atoms with Gasteiger partial charge in [0, 0.05) is 51.6 Å². The van der Waals surface area contributed by atoms with E-state index in [-0.39, 0.29) is 5.91 Å². The number of hydrogen-bond donors (Lipinski definition) is 0. The average Bonchev–Trinajstić information content (AvgIpc) is 2.87. The SMILES string of the molecule is COC[C@@H]1[C@H](c2ccc(-c3ccccc3C)cc2)CN1CCCCN(C)C(=O)c1cccnc1. The van der Waals surface area contributed by atoms with E-state index in [1.54, 1.807) is 30.5 Å². The third-order valence-electron chi connectivity index (χ3n) is 6.94. The van der Waals surface area contributed by atoms with Gasteiger partial charge in [-0.25, -0.2) is 0 Å². The molecular weight excluding hydrogens is 422 g/mol. The zero-order chi connectivity index (χ0) is 23.9. The minimum Gasteiger partial charge on any atom is -0.383 e. The van der Waals surface area contributed by atoms with Crippen molar-refractivity contribution in [3.05, 3.63) is 89.7 Å². The number of carbonyl (C=O) groups excluding carboxylic acids is 1. The molecule has 178 valence electrons. The zero-order valence-corrected chi connectivity index (χ0v) is 20.5. The van der Waals surface area contributed by atoms with E-state index in [0.29, 0.717) is 17.5 Å². The quantitative estimate of drug-likeness (QED) is 0.401. The van der Waals surface area contributed by atoms with Gasteiger partial charge >= 0.3 is 0 Å². The van der Waals surface area contributed by atoms with Crippen molar-refractivity contribution in [2.24, 2.45) is 0 Å². The van der Waals surface area contributed by atoms with Gasteiger partial charge in [-0.15, -0.1) is 0 Å². The third kappa shape index (κ3) is 5.54. The maximum absolute atomic E-state index is 12.5. The van der Waals surface area contributed by atoms with Crippen molar-refractivity contribution in [1.29, 1.82) is 0 Å². The number of pyridine rings is 1. The molecule has 3 aromatic rings. The Morgan fingerprint density at radius 1 is 1.09 bits per heavy atom. The van der Waals surface area contributed by atoms with E-state index in [9.17, 15) is 4.79 Å². The van der Waals surface area contributed by atoms with Gasteiger partial charge in [0.15, 0.2) is 0 Å². The van der Waals surface area contributed by atoms with E-state index in [1.807, 2.05) is 13.1 Å². The summed E-state index contributed by atoms with van der Waals surface area (Å²) in [6, 6.07) is 21.6. The molecule has 1 saturated heterocycles. The number of benzene rings is 2. The van der Waals surface area contributed by atoms with Crippen LogP contribution in [0.5, 0.6) is 0 Å². The summed E-state index contributed by atoms with van der Waals surface area (Å²) in [6.07, 6.45) is 5.35. The second kappa shape index (κ2) is 11.4. The van der Waals surface area contributed by atoms with Crippen LogP contribution in [0, 0.1) is 6.92 Å². The Balaban J connectivity index is 1.27. The van der Waals surface area contributed by atoms with Crippen molar-refractivity contribution in [3.63, 3.8) is 0 Å². The molecule has 1 amide bonds. The molecule has 2 aromatic carbocycles. The number of ether oxygens (including phenoxy) is 1. The fourth-order valence-corrected chi connectivity index (χ4v) is 4.88. The first-order valence-electron chi connectivity index (χ1n) is 12.1. The maximum Gasteiger partial charge on any atom is 0.255 e. The van der Waals surface area contributed by atoms with Crippen molar-refractivity contribution in [3.8, 4) is 11.1 Å². The summed E-state index contributed by atoms with van der Waals surface area (Å²) in [5.74, 6) is 0.532. The van der Waals surface area contributed by atoms with Gasteiger partial charge in [-0.3, -0.25) is 14.7 Å². The van der Waals surface area contributed by atoms with Crippen LogP contribution in [0.3, 0.4) is 0 Å². The molecule has 0 aliphatic carbocycles. The zero-order valence-electron chi connectivity index (χ0n) is 20.5. The maximum atomic E-state index is 12.5. The molecule has 0 unspecified atom stereocenters. The van der Waals surface area contributed by atoms with Gasteiger partial charge in [0.1, 0.15) is 0 Å². The highest BCUT2D eigenvalue weighted by Crippen LogP contribution is 2.36. The van der Waals surface area contributed by atoms with Crippen LogP contribution in [0.1, 0.15) is 40.2 Å². The smallest absolute Gasteiger partial charge is 0.255 e. The lowest BCUT2D eigenvalue weighted by Crippen LogP contribution is -2.56. The molecule has 5 heteroatoms. The number of nitrogens with zero attached hydrogens (tertiary/aromatic N) is 3. The number of likely N-dealkylation sites (tertiary alicyclic amines) is 1. The van der Waals surface area contributed by atoms with Crippen LogP contribution in [-0.2, 0) is 4.74 Å². The Kier molecular flexibility index (Phi) is 8.09. The highest BCUT2D eigenvalue weighted by Gasteiger charge is 2.39. The second-order valence-electron chi connectivity index (χ2n) is 9.24. The molecule has 2 heterocycles. The van der Waals surface area contributed by atoms with E-state index >= 15 is 0 Å². The van der Waals surface area contributed by atoms with Gasteiger partial charge in [0.25, 0.3) is 5.91 Å². The monoisotopic (exact) mass is 457 g/mol. The third-order valence-corrected chi connectivity index (χ3v) is 6.94. The van der Waals surface area contributed by atoms with Crippen molar-refractivity contribution in [2.75, 3.05) is 40.4 Å². The Morgan fingerprint density at radius 2 is 1.88 bits per heavy atom. The number of aromatic nitrogens is 1. The molecule has 34 heavy (non-hydrogen) atoms. The Labute approximate surface area is 203 Å². The summed E-state index contributed by atoms with van der Waals surface area (Å²) in [7, 11) is 3.65. The van der Waals surface area contributed by atoms with Crippen LogP contribution >= 0.6 is 0 Å². The van der Waals surface area contributed by atoms with Crippen molar-refractivity contribution >= 4 is 5.91 Å². The lowest BCUT2D eigenvalue weighted by molar-refractivity contribution is 0.000382. The van der Waals surface area contributed by atoms with Crippen LogP contribution in [0.15, 0.2) is 73.1 Å².